The molecular weight excluding hydrogens is 744 g/mol. The van der Waals surface area contributed by atoms with Gasteiger partial charge in [0.25, 0.3) is 0 Å². The Kier molecular flexibility index (Phi) is 15.0. The summed E-state index contributed by atoms with van der Waals surface area (Å²) in [5, 5.41) is 156. The lowest BCUT2D eigenvalue weighted by atomic mass is 9.96. The second-order valence-electron chi connectivity index (χ2n) is 14.0. The molecule has 316 valence electrons. The lowest BCUT2D eigenvalue weighted by molar-refractivity contribution is -0.390. The number of rotatable bonds is 11. The van der Waals surface area contributed by atoms with E-state index in [1.807, 2.05) is 0 Å². The topological polar surface area (TPSA) is 387 Å². The third-order valence-corrected chi connectivity index (χ3v) is 10.2. The molecule has 0 aliphatic carbocycles. The molecule has 0 unspecified atom stereocenters. The molecule has 0 bridgehead atoms. The highest BCUT2D eigenvalue weighted by molar-refractivity contribution is 4.97. The molecule has 15 N–H and O–H groups in total. The quantitative estimate of drug-likeness (QED) is 0.0923. The van der Waals surface area contributed by atoms with Crippen molar-refractivity contribution in [1.82, 2.24) is 0 Å². The average molecular weight is 797 g/mol. The Morgan fingerprint density at radius 3 is 1.37 bits per heavy atom. The third kappa shape index (κ3) is 8.87. The van der Waals surface area contributed by atoms with E-state index >= 15 is 0 Å². The normalized spacial score (nSPS) is 54.7. The first-order chi connectivity index (χ1) is 25.4. The molecule has 24 nitrogen and oxygen atoms in total. The van der Waals surface area contributed by atoms with Crippen LogP contribution in [0.2, 0.25) is 0 Å². The van der Waals surface area contributed by atoms with Crippen molar-refractivity contribution in [2.45, 2.75) is 167 Å². The van der Waals surface area contributed by atoms with Crippen molar-refractivity contribution < 1.29 is 119 Å². The van der Waals surface area contributed by atoms with Gasteiger partial charge >= 0.3 is 0 Å². The van der Waals surface area contributed by atoms with Gasteiger partial charge in [-0.25, -0.2) is 0 Å². The fourth-order valence-electron chi connectivity index (χ4n) is 6.82. The van der Waals surface area contributed by atoms with E-state index in [1.54, 1.807) is 0 Å². The summed E-state index contributed by atoms with van der Waals surface area (Å²) >= 11 is 0. The fraction of sp³-hybridized carbons (Fsp3) is 1.00. The molecular formula is C30H52O24. The summed E-state index contributed by atoms with van der Waals surface area (Å²) in [5.74, 6) is 0. The Morgan fingerprint density at radius 2 is 0.796 bits per heavy atom. The maximum Gasteiger partial charge on any atom is 0.187 e. The minimum absolute atomic E-state index is 0.715. The van der Waals surface area contributed by atoms with Crippen molar-refractivity contribution in [2.24, 2.45) is 0 Å². The van der Waals surface area contributed by atoms with Gasteiger partial charge in [0.05, 0.1) is 32.0 Å². The van der Waals surface area contributed by atoms with Gasteiger partial charge in [0.15, 0.2) is 31.5 Å². The molecule has 0 aromatic rings. The minimum Gasteiger partial charge on any atom is -0.394 e. The van der Waals surface area contributed by atoms with Gasteiger partial charge in [-0.1, -0.05) is 0 Å². The zero-order chi connectivity index (χ0) is 39.9. The van der Waals surface area contributed by atoms with Crippen LogP contribution in [-0.4, -0.2) is 250 Å². The van der Waals surface area contributed by atoms with Crippen LogP contribution in [0.15, 0.2) is 0 Å². The van der Waals surface area contributed by atoms with Crippen LogP contribution in [-0.2, 0) is 42.6 Å². The van der Waals surface area contributed by atoms with E-state index in [9.17, 15) is 76.6 Å². The van der Waals surface area contributed by atoms with E-state index in [0.717, 1.165) is 0 Å². The molecule has 5 rings (SSSR count). The Morgan fingerprint density at radius 1 is 0.370 bits per heavy atom. The Labute approximate surface area is 306 Å². The molecule has 0 amide bonds. The number of ether oxygens (including phenoxy) is 9. The molecule has 54 heavy (non-hydrogen) atoms. The van der Waals surface area contributed by atoms with Crippen LogP contribution in [0.3, 0.4) is 0 Å². The van der Waals surface area contributed by atoms with Crippen LogP contribution in [0.25, 0.3) is 0 Å². The van der Waals surface area contributed by atoms with Crippen molar-refractivity contribution in [1.29, 1.82) is 0 Å². The molecule has 0 radical (unpaired) electrons. The summed E-state index contributed by atoms with van der Waals surface area (Å²) in [6, 6.07) is 0. The summed E-state index contributed by atoms with van der Waals surface area (Å²) in [4.78, 5) is 0. The van der Waals surface area contributed by atoms with Gasteiger partial charge in [0.2, 0.25) is 0 Å². The van der Waals surface area contributed by atoms with Crippen molar-refractivity contribution in [3.8, 4) is 0 Å². The molecule has 0 aromatic heterocycles. The lowest BCUT2D eigenvalue weighted by Gasteiger charge is -2.48. The Bertz CT molecular complexity index is 1170. The fourth-order valence-corrected chi connectivity index (χ4v) is 6.82. The van der Waals surface area contributed by atoms with Crippen LogP contribution < -0.4 is 0 Å². The number of aliphatic hydroxyl groups excluding tert-OH is 15. The van der Waals surface area contributed by atoms with Gasteiger partial charge in [-0.05, 0) is 13.8 Å². The van der Waals surface area contributed by atoms with E-state index < -0.39 is 173 Å². The highest BCUT2D eigenvalue weighted by Gasteiger charge is 2.55. The predicted molar refractivity (Wildman–Crippen MR) is 164 cm³/mol. The van der Waals surface area contributed by atoms with Crippen LogP contribution in [0.1, 0.15) is 13.8 Å². The van der Waals surface area contributed by atoms with E-state index in [0.29, 0.717) is 0 Å². The number of hydrogen-bond acceptors (Lipinski definition) is 24. The molecule has 5 saturated heterocycles. The second-order valence-corrected chi connectivity index (χ2v) is 14.0. The van der Waals surface area contributed by atoms with Gasteiger partial charge in [-0.15, -0.1) is 0 Å². The van der Waals surface area contributed by atoms with Crippen molar-refractivity contribution in [2.75, 3.05) is 19.8 Å². The predicted octanol–water partition coefficient (Wildman–Crippen LogP) is -9.87. The SMILES string of the molecule is C[C@@H]1O[C@@H](O[C@@H]2[C@@H](O)[C@@H](O)[C@H](OC[C@H]3O[C@@H](O[C@@H]4[C@@H](O[C@@H]5O[C@H](CO)[C@@H](O)[C@H](O)[C@H]5O)[C@H](O)[C@@H](CO)O[C@H]4O)[C@H](O)[C@@H](O)[C@@H]3O)O[C@H]2C)[C@H](O)[C@H](O)[C@H]1O. The van der Waals surface area contributed by atoms with Gasteiger partial charge in [-0.2, -0.15) is 0 Å². The lowest BCUT2D eigenvalue weighted by Crippen LogP contribution is -2.67. The minimum atomic E-state index is -2.07. The van der Waals surface area contributed by atoms with Crippen molar-refractivity contribution in [3.63, 3.8) is 0 Å². The standard InChI is InChI=1S/C30H52O24/c1-6-11(33)15(37)19(41)28(47-6)52-23-7(2)48-27(22(44)18(23)40)46-5-10-13(35)17(39)21(43)30(51-10)54-25-24(14(36)9(4-32)49-26(25)45)53-29-20(42)16(38)12(34)8(3-31)50-29/h6-45H,3-5H2,1-2H3/t6-,7-,8+,9+,10+,11-,12+,13+,14+,15+,16-,17-,18-,19+,20+,21+,22+,23-,24-,25+,26+,27+,28-,29-,30-/m0/s1. The van der Waals surface area contributed by atoms with Crippen molar-refractivity contribution >= 4 is 0 Å². The summed E-state index contributed by atoms with van der Waals surface area (Å²) in [5.41, 5.74) is 0. The maximum absolute atomic E-state index is 10.9. The Hall–Kier alpha value is -0.960. The zero-order valence-corrected chi connectivity index (χ0v) is 28.9. The first kappa shape index (κ1) is 44.1. The van der Waals surface area contributed by atoms with Gasteiger partial charge in [-0.3, -0.25) is 0 Å². The van der Waals surface area contributed by atoms with Gasteiger partial charge in [0.1, 0.15) is 110 Å². The van der Waals surface area contributed by atoms with E-state index in [4.69, 9.17) is 42.6 Å². The van der Waals surface area contributed by atoms with Crippen molar-refractivity contribution in [3.05, 3.63) is 0 Å². The van der Waals surface area contributed by atoms with Gasteiger partial charge < -0.3 is 119 Å². The monoisotopic (exact) mass is 796 g/mol. The molecule has 25 atom stereocenters. The molecule has 5 heterocycles. The molecule has 5 aliphatic rings. The highest BCUT2D eigenvalue weighted by Crippen LogP contribution is 2.34. The largest absolute Gasteiger partial charge is 0.394 e. The number of hydrogen-bond donors (Lipinski definition) is 15. The first-order valence-corrected chi connectivity index (χ1v) is 17.3. The van der Waals surface area contributed by atoms with E-state index in [1.165, 1.54) is 13.8 Å². The summed E-state index contributed by atoms with van der Waals surface area (Å²) < 4.78 is 49.7. The highest BCUT2D eigenvalue weighted by atomic mass is 16.8. The Balaban J connectivity index is 1.24. The molecule has 0 aromatic carbocycles. The zero-order valence-electron chi connectivity index (χ0n) is 28.9. The summed E-state index contributed by atoms with van der Waals surface area (Å²) in [7, 11) is 0. The molecule has 24 heteroatoms. The van der Waals surface area contributed by atoms with Crippen LogP contribution in [0.4, 0.5) is 0 Å². The molecule has 0 spiro atoms. The van der Waals surface area contributed by atoms with E-state index in [2.05, 4.69) is 0 Å². The van der Waals surface area contributed by atoms with Gasteiger partial charge in [0, 0.05) is 0 Å². The van der Waals surface area contributed by atoms with Crippen LogP contribution >= 0.6 is 0 Å². The molecule has 5 aliphatic heterocycles. The second kappa shape index (κ2) is 18.3. The summed E-state index contributed by atoms with van der Waals surface area (Å²) in [6.45, 7) is 0.403. The molecule has 5 fully saturated rings. The number of aliphatic hydroxyl groups is 15. The van der Waals surface area contributed by atoms with E-state index in [-0.39, 0.29) is 0 Å². The first-order valence-electron chi connectivity index (χ1n) is 17.3. The van der Waals surface area contributed by atoms with Crippen LogP contribution in [0, 0.1) is 0 Å². The average Bonchev–Trinajstić information content (AvgIpc) is 3.15. The third-order valence-electron chi connectivity index (χ3n) is 10.2. The maximum atomic E-state index is 10.9. The van der Waals surface area contributed by atoms with Crippen LogP contribution in [0.5, 0.6) is 0 Å². The molecule has 0 saturated carbocycles. The smallest absolute Gasteiger partial charge is 0.187 e. The summed E-state index contributed by atoms with van der Waals surface area (Å²) in [6.07, 6.45) is -42.6.